The van der Waals surface area contributed by atoms with E-state index in [9.17, 15) is 4.79 Å². The number of carbonyl (C=O) groups is 1. The van der Waals surface area contributed by atoms with Crippen molar-refractivity contribution < 1.29 is 4.79 Å². The number of hydrogen-bond acceptors (Lipinski definition) is 3. The molecule has 0 aliphatic carbocycles. The lowest BCUT2D eigenvalue weighted by Crippen LogP contribution is -2.52. The van der Waals surface area contributed by atoms with Crippen molar-refractivity contribution in [3.05, 3.63) is 16.4 Å². The largest absolute Gasteiger partial charge is 0.305 e. The molecule has 18 heavy (non-hydrogen) atoms. The Morgan fingerprint density at radius 3 is 2.78 bits per heavy atom. The van der Waals surface area contributed by atoms with Gasteiger partial charge in [-0.1, -0.05) is 11.6 Å². The van der Waals surface area contributed by atoms with E-state index in [0.29, 0.717) is 11.6 Å². The van der Waals surface area contributed by atoms with E-state index in [1.165, 1.54) is 0 Å². The van der Waals surface area contributed by atoms with Gasteiger partial charge in [0.1, 0.15) is 5.15 Å². The number of ketones is 1. The molecule has 1 atom stereocenters. The fourth-order valence-corrected chi connectivity index (χ4v) is 2.77. The molecule has 0 amide bonds. The molecular weight excluding hydrogens is 250 g/mol. The third kappa shape index (κ3) is 2.45. The van der Waals surface area contributed by atoms with Gasteiger partial charge >= 0.3 is 0 Å². The minimum absolute atomic E-state index is 0.209. The molecule has 0 radical (unpaired) electrons. The van der Waals surface area contributed by atoms with Crippen LogP contribution < -0.4 is 5.32 Å². The van der Waals surface area contributed by atoms with Gasteiger partial charge in [-0.05, 0) is 39.7 Å². The first kappa shape index (κ1) is 13.6. The molecule has 0 bridgehead atoms. The van der Waals surface area contributed by atoms with Crippen LogP contribution in [0.5, 0.6) is 0 Å². The maximum absolute atomic E-state index is 12.4. The molecular formula is C13H20ClN3O. The number of aryl methyl sites for hydroxylation is 2. The molecule has 5 heteroatoms. The van der Waals surface area contributed by atoms with E-state index >= 15 is 0 Å². The molecule has 2 rings (SSSR count). The average molecular weight is 270 g/mol. The molecule has 1 aliphatic rings. The lowest BCUT2D eigenvalue weighted by molar-refractivity contribution is -0.125. The maximum Gasteiger partial charge on any atom is 0.157 e. The molecule has 1 aliphatic heterocycles. The number of nitrogens with zero attached hydrogens (tertiary/aromatic N) is 2. The number of aromatic nitrogens is 2. The van der Waals surface area contributed by atoms with Gasteiger partial charge < -0.3 is 5.32 Å². The lowest BCUT2D eigenvalue weighted by atomic mass is 9.84. The third-order valence-corrected chi connectivity index (χ3v) is 4.31. The van der Waals surface area contributed by atoms with Crippen molar-refractivity contribution in [1.29, 1.82) is 0 Å². The van der Waals surface area contributed by atoms with Crippen LogP contribution in [0.15, 0.2) is 0 Å². The van der Waals surface area contributed by atoms with Crippen molar-refractivity contribution in [2.24, 2.45) is 7.05 Å². The first-order valence-electron chi connectivity index (χ1n) is 6.40. The average Bonchev–Trinajstić information content (AvgIpc) is 2.57. The first-order chi connectivity index (χ1) is 8.44. The zero-order valence-corrected chi connectivity index (χ0v) is 12.0. The third-order valence-electron chi connectivity index (χ3n) is 3.84. The minimum Gasteiger partial charge on any atom is -0.305 e. The second-order valence-corrected chi connectivity index (χ2v) is 5.65. The summed E-state index contributed by atoms with van der Waals surface area (Å²) in [5.74, 6) is 0.209. The molecule has 1 N–H and O–H groups in total. The Kier molecular flexibility index (Phi) is 3.78. The topological polar surface area (TPSA) is 46.9 Å². The van der Waals surface area contributed by atoms with E-state index in [1.807, 2.05) is 13.8 Å². The van der Waals surface area contributed by atoms with E-state index in [4.69, 9.17) is 11.6 Å². The zero-order valence-electron chi connectivity index (χ0n) is 11.2. The van der Waals surface area contributed by atoms with Gasteiger partial charge in [-0.2, -0.15) is 5.10 Å². The molecule has 0 saturated carbocycles. The highest BCUT2D eigenvalue weighted by atomic mass is 35.5. The van der Waals surface area contributed by atoms with Crippen molar-refractivity contribution in [3.8, 4) is 0 Å². The Labute approximate surface area is 113 Å². The number of halogens is 1. The molecule has 0 aromatic carbocycles. The summed E-state index contributed by atoms with van der Waals surface area (Å²) in [5, 5.41) is 8.15. The van der Waals surface area contributed by atoms with Crippen LogP contribution in [0, 0.1) is 6.92 Å². The quantitative estimate of drug-likeness (QED) is 0.913. The fraction of sp³-hybridized carbons (Fsp3) is 0.692. The summed E-state index contributed by atoms with van der Waals surface area (Å²) in [4.78, 5) is 12.4. The van der Waals surface area contributed by atoms with Crippen molar-refractivity contribution >= 4 is 17.4 Å². The maximum atomic E-state index is 12.4. The van der Waals surface area contributed by atoms with Gasteiger partial charge in [0.2, 0.25) is 0 Å². The van der Waals surface area contributed by atoms with Crippen LogP contribution in [0.2, 0.25) is 5.15 Å². The molecule has 2 heterocycles. The number of carbonyl (C=O) groups excluding carboxylic acids is 1. The van der Waals surface area contributed by atoms with Gasteiger partial charge in [-0.3, -0.25) is 9.48 Å². The summed E-state index contributed by atoms with van der Waals surface area (Å²) >= 11 is 6.17. The highest BCUT2D eigenvalue weighted by molar-refractivity contribution is 6.30. The molecule has 0 spiro atoms. The number of hydrogen-bond donors (Lipinski definition) is 1. The number of nitrogens with one attached hydrogen (secondary N) is 1. The Balaban J connectivity index is 2.16. The Morgan fingerprint density at radius 2 is 2.28 bits per heavy atom. The normalized spacial score (nSPS) is 24.2. The summed E-state index contributed by atoms with van der Waals surface area (Å²) in [6.45, 7) is 4.81. The SMILES string of the molecule is Cc1nn(C)c(Cl)c1CC(=O)C1(C)CCCCN1. The predicted octanol–water partition coefficient (Wildman–Crippen LogP) is 2.03. The standard InChI is InChI=1S/C13H20ClN3O/c1-9-10(12(14)17(3)16-9)8-11(18)13(2)6-4-5-7-15-13/h15H,4-8H2,1-3H3. The van der Waals surface area contributed by atoms with Crippen LogP contribution >= 0.6 is 11.6 Å². The van der Waals surface area contributed by atoms with Crippen LogP contribution in [-0.2, 0) is 18.3 Å². The number of piperidine rings is 1. The van der Waals surface area contributed by atoms with E-state index < -0.39 is 5.54 Å². The first-order valence-corrected chi connectivity index (χ1v) is 6.78. The second kappa shape index (κ2) is 5.02. The molecule has 1 unspecified atom stereocenters. The van der Waals surface area contributed by atoms with Gasteiger partial charge in [0.25, 0.3) is 0 Å². The van der Waals surface area contributed by atoms with Crippen molar-refractivity contribution in [3.63, 3.8) is 0 Å². The van der Waals surface area contributed by atoms with Gasteiger partial charge in [0.05, 0.1) is 11.2 Å². The van der Waals surface area contributed by atoms with Crippen molar-refractivity contribution in [1.82, 2.24) is 15.1 Å². The highest BCUT2D eigenvalue weighted by Crippen LogP contribution is 2.25. The van der Waals surface area contributed by atoms with Crippen LogP contribution in [0.4, 0.5) is 0 Å². The molecule has 1 fully saturated rings. The monoisotopic (exact) mass is 269 g/mol. The van der Waals surface area contributed by atoms with E-state index in [-0.39, 0.29) is 5.78 Å². The smallest absolute Gasteiger partial charge is 0.157 e. The van der Waals surface area contributed by atoms with Crippen molar-refractivity contribution in [2.45, 2.75) is 45.1 Å². The van der Waals surface area contributed by atoms with E-state index in [0.717, 1.165) is 37.1 Å². The number of Topliss-reactive ketones (excluding diaryl/α,β-unsaturated/α-hetero) is 1. The molecule has 1 aromatic heterocycles. The van der Waals surface area contributed by atoms with Crippen LogP contribution in [-0.4, -0.2) is 27.6 Å². The second-order valence-electron chi connectivity index (χ2n) is 5.29. The van der Waals surface area contributed by atoms with Gasteiger partial charge in [0, 0.05) is 19.0 Å². The Morgan fingerprint density at radius 1 is 1.56 bits per heavy atom. The van der Waals surface area contributed by atoms with Crippen LogP contribution in [0.25, 0.3) is 0 Å². The molecule has 100 valence electrons. The van der Waals surface area contributed by atoms with Gasteiger partial charge in [0.15, 0.2) is 5.78 Å². The van der Waals surface area contributed by atoms with Crippen LogP contribution in [0.1, 0.15) is 37.4 Å². The predicted molar refractivity (Wildman–Crippen MR) is 71.9 cm³/mol. The molecule has 4 nitrogen and oxygen atoms in total. The van der Waals surface area contributed by atoms with Gasteiger partial charge in [-0.15, -0.1) is 0 Å². The molecule has 1 aromatic rings. The Hall–Kier alpha value is -0.870. The highest BCUT2D eigenvalue weighted by Gasteiger charge is 2.34. The number of rotatable bonds is 3. The van der Waals surface area contributed by atoms with E-state index in [1.54, 1.807) is 11.7 Å². The Bertz CT molecular complexity index is 461. The summed E-state index contributed by atoms with van der Waals surface area (Å²) < 4.78 is 1.62. The van der Waals surface area contributed by atoms with Gasteiger partial charge in [-0.25, -0.2) is 0 Å². The lowest BCUT2D eigenvalue weighted by Gasteiger charge is -2.33. The summed E-state index contributed by atoms with van der Waals surface area (Å²) in [7, 11) is 1.80. The zero-order chi connectivity index (χ0) is 13.3. The molecule has 1 saturated heterocycles. The minimum atomic E-state index is -0.399. The summed E-state index contributed by atoms with van der Waals surface area (Å²) in [6, 6.07) is 0. The summed E-state index contributed by atoms with van der Waals surface area (Å²) in [6.07, 6.45) is 3.52. The van der Waals surface area contributed by atoms with E-state index in [2.05, 4.69) is 10.4 Å². The van der Waals surface area contributed by atoms with Crippen LogP contribution in [0.3, 0.4) is 0 Å². The van der Waals surface area contributed by atoms with Crippen molar-refractivity contribution in [2.75, 3.05) is 6.54 Å². The summed E-state index contributed by atoms with van der Waals surface area (Å²) in [5.41, 5.74) is 1.30. The fourth-order valence-electron chi connectivity index (χ4n) is 2.52.